The zero-order valence-electron chi connectivity index (χ0n) is 23.3. The normalized spacial score (nSPS) is 17.4. The number of hydrogen-bond acceptors (Lipinski definition) is 3. The molecule has 4 rings (SSSR count). The minimum atomic E-state index is -2.54. The van der Waals surface area contributed by atoms with E-state index in [9.17, 15) is 9.65 Å². The summed E-state index contributed by atoms with van der Waals surface area (Å²) in [6.45, 7) is 13.0. The molecular formula is C30H36F4N2O2Si. The molecule has 2 aromatic carbocycles. The Bertz CT molecular complexity index is 1370. The standard InChI is InChI=1S/C30H36F4N2O2Si/c1-17(2)39(18(3)4,19(5)6)36-13-12-22-26(32)25(27(33)28(34)29(22)36)30(38-24-9-7-8-14-37-24)20-10-11-23(31)21(15-20)16-35/h10-13,15,17-19,24,30H,7-9,14H2,1-6H3. The van der Waals surface area contributed by atoms with Gasteiger partial charge in [0.05, 0.1) is 16.6 Å². The van der Waals surface area contributed by atoms with Crippen molar-refractivity contribution in [2.24, 2.45) is 0 Å². The number of ether oxygens (including phenoxy) is 2. The highest BCUT2D eigenvalue weighted by Crippen LogP contribution is 2.46. The number of rotatable bonds is 8. The van der Waals surface area contributed by atoms with Crippen LogP contribution < -0.4 is 0 Å². The van der Waals surface area contributed by atoms with Gasteiger partial charge in [0.2, 0.25) is 0 Å². The molecule has 0 saturated carbocycles. The first-order chi connectivity index (χ1) is 18.5. The fourth-order valence-electron chi connectivity index (χ4n) is 6.76. The van der Waals surface area contributed by atoms with Crippen LogP contribution in [0.5, 0.6) is 0 Å². The van der Waals surface area contributed by atoms with E-state index in [2.05, 4.69) is 41.5 Å². The van der Waals surface area contributed by atoms with Gasteiger partial charge < -0.3 is 13.7 Å². The zero-order valence-corrected chi connectivity index (χ0v) is 24.3. The number of halogens is 4. The molecule has 0 bridgehead atoms. The molecule has 2 atom stereocenters. The van der Waals surface area contributed by atoms with Gasteiger partial charge in [0.1, 0.15) is 23.8 Å². The molecule has 4 nitrogen and oxygen atoms in total. The van der Waals surface area contributed by atoms with E-state index < -0.39 is 49.5 Å². The Balaban J connectivity index is 1.98. The highest BCUT2D eigenvalue weighted by molar-refractivity contribution is 6.82. The van der Waals surface area contributed by atoms with Crippen molar-refractivity contribution in [3.63, 3.8) is 0 Å². The predicted octanol–water partition coefficient (Wildman–Crippen LogP) is 8.73. The highest BCUT2D eigenvalue weighted by Gasteiger charge is 2.47. The maximum Gasteiger partial charge on any atom is 0.182 e. The van der Waals surface area contributed by atoms with Crippen LogP contribution in [-0.2, 0) is 9.47 Å². The summed E-state index contributed by atoms with van der Waals surface area (Å²) in [5, 5.41) is 9.32. The summed E-state index contributed by atoms with van der Waals surface area (Å²) < 4.78 is 76.4. The third-order valence-electron chi connectivity index (χ3n) is 8.29. The monoisotopic (exact) mass is 560 g/mol. The smallest absolute Gasteiger partial charge is 0.182 e. The molecular weight excluding hydrogens is 524 g/mol. The van der Waals surface area contributed by atoms with Crippen LogP contribution in [0.2, 0.25) is 16.6 Å². The molecule has 1 fully saturated rings. The second kappa shape index (κ2) is 11.4. The molecule has 0 amide bonds. The molecule has 0 radical (unpaired) electrons. The lowest BCUT2D eigenvalue weighted by Crippen LogP contribution is -2.51. The fraction of sp³-hybridized carbons (Fsp3) is 0.500. The second-order valence-corrected chi connectivity index (χ2v) is 17.0. The number of aromatic nitrogens is 1. The first-order valence-electron chi connectivity index (χ1n) is 13.6. The molecule has 0 spiro atoms. The average Bonchev–Trinajstić information content (AvgIpc) is 3.33. The summed E-state index contributed by atoms with van der Waals surface area (Å²) >= 11 is 0. The maximum absolute atomic E-state index is 16.4. The highest BCUT2D eigenvalue weighted by atomic mass is 28.3. The summed E-state index contributed by atoms with van der Waals surface area (Å²) in [6.07, 6.45) is 1.55. The Morgan fingerprint density at radius 1 is 0.949 bits per heavy atom. The molecule has 1 aliphatic rings. The van der Waals surface area contributed by atoms with Gasteiger partial charge in [0, 0.05) is 12.0 Å². The van der Waals surface area contributed by atoms with Gasteiger partial charge in [-0.05, 0) is 65.8 Å². The fourth-order valence-corrected chi connectivity index (χ4v) is 13.4. The topological polar surface area (TPSA) is 47.2 Å². The Morgan fingerprint density at radius 2 is 1.62 bits per heavy atom. The van der Waals surface area contributed by atoms with Crippen LogP contribution >= 0.6 is 0 Å². The van der Waals surface area contributed by atoms with E-state index in [1.54, 1.807) is 12.3 Å². The Labute approximate surface area is 228 Å². The molecule has 0 N–H and O–H groups in total. The van der Waals surface area contributed by atoms with E-state index in [1.807, 2.05) is 4.23 Å². The minimum Gasteiger partial charge on any atom is -0.371 e. The van der Waals surface area contributed by atoms with Crippen molar-refractivity contribution in [2.45, 2.75) is 89.8 Å². The number of fused-ring (bicyclic) bond motifs is 1. The van der Waals surface area contributed by atoms with Crippen molar-refractivity contribution < 1.29 is 27.0 Å². The molecule has 39 heavy (non-hydrogen) atoms. The Morgan fingerprint density at radius 3 is 2.18 bits per heavy atom. The summed E-state index contributed by atoms with van der Waals surface area (Å²) in [7, 11) is -2.54. The summed E-state index contributed by atoms with van der Waals surface area (Å²) in [6, 6.07) is 6.77. The van der Waals surface area contributed by atoms with Gasteiger partial charge >= 0.3 is 0 Å². The van der Waals surface area contributed by atoms with Crippen molar-refractivity contribution in [3.05, 3.63) is 70.4 Å². The lowest BCUT2D eigenvalue weighted by Gasteiger charge is -2.44. The van der Waals surface area contributed by atoms with Gasteiger partial charge in [-0.1, -0.05) is 47.6 Å². The first kappa shape index (κ1) is 29.3. The first-order valence-corrected chi connectivity index (χ1v) is 15.8. The van der Waals surface area contributed by atoms with Crippen LogP contribution in [0, 0.1) is 34.6 Å². The second-order valence-electron chi connectivity index (χ2n) is 11.3. The molecule has 210 valence electrons. The molecule has 3 aromatic rings. The van der Waals surface area contributed by atoms with Crippen molar-refractivity contribution in [1.82, 2.24) is 4.23 Å². The van der Waals surface area contributed by atoms with Crippen LogP contribution in [0.4, 0.5) is 17.6 Å². The van der Waals surface area contributed by atoms with E-state index in [1.165, 1.54) is 18.2 Å². The van der Waals surface area contributed by atoms with E-state index in [4.69, 9.17) is 9.47 Å². The molecule has 1 saturated heterocycles. The van der Waals surface area contributed by atoms with Crippen LogP contribution in [0.1, 0.15) is 83.6 Å². The molecule has 1 aromatic heterocycles. The maximum atomic E-state index is 16.4. The van der Waals surface area contributed by atoms with Gasteiger partial charge in [0.25, 0.3) is 0 Å². The zero-order chi connectivity index (χ0) is 28.6. The quantitative estimate of drug-likeness (QED) is 0.157. The van der Waals surface area contributed by atoms with E-state index >= 15 is 13.2 Å². The predicted molar refractivity (Wildman–Crippen MR) is 146 cm³/mol. The number of nitriles is 1. The third kappa shape index (κ3) is 4.92. The van der Waals surface area contributed by atoms with Crippen LogP contribution in [-0.4, -0.2) is 25.4 Å². The SMILES string of the molecule is CC(C)[Si](C(C)C)(C(C)C)n1ccc2c(F)c(C(OC3CCCCO3)c3ccc(F)c(C#N)c3)c(F)c(F)c21. The number of nitrogens with zero attached hydrogens (tertiary/aromatic N) is 2. The van der Waals surface area contributed by atoms with E-state index in [-0.39, 0.29) is 38.7 Å². The number of hydrogen-bond donors (Lipinski definition) is 0. The van der Waals surface area contributed by atoms with Gasteiger partial charge in [-0.15, -0.1) is 0 Å². The Kier molecular flexibility index (Phi) is 8.60. The number of benzene rings is 2. The molecule has 1 aliphatic heterocycles. The van der Waals surface area contributed by atoms with Crippen LogP contribution in [0.3, 0.4) is 0 Å². The largest absolute Gasteiger partial charge is 0.371 e. The molecule has 9 heteroatoms. The summed E-state index contributed by atoms with van der Waals surface area (Å²) in [5.74, 6) is -4.22. The van der Waals surface area contributed by atoms with E-state index in [0.717, 1.165) is 18.9 Å². The summed E-state index contributed by atoms with van der Waals surface area (Å²) in [4.78, 5) is 0. The van der Waals surface area contributed by atoms with Crippen molar-refractivity contribution in [2.75, 3.05) is 6.61 Å². The molecule has 2 heterocycles. The van der Waals surface area contributed by atoms with Gasteiger partial charge in [-0.2, -0.15) is 5.26 Å². The lowest BCUT2D eigenvalue weighted by atomic mass is 9.96. The summed E-state index contributed by atoms with van der Waals surface area (Å²) in [5.41, 5.74) is -0.368. The Hall–Kier alpha value is -2.67. The molecule has 0 aliphatic carbocycles. The minimum absolute atomic E-state index is 0.0384. The van der Waals surface area contributed by atoms with Crippen molar-refractivity contribution in [3.8, 4) is 6.07 Å². The van der Waals surface area contributed by atoms with Crippen LogP contribution in [0.15, 0.2) is 30.5 Å². The third-order valence-corrected chi connectivity index (χ3v) is 15.0. The van der Waals surface area contributed by atoms with Crippen molar-refractivity contribution >= 4 is 19.1 Å². The van der Waals surface area contributed by atoms with Crippen molar-refractivity contribution in [1.29, 1.82) is 5.26 Å². The van der Waals surface area contributed by atoms with Gasteiger partial charge in [-0.3, -0.25) is 0 Å². The van der Waals surface area contributed by atoms with Gasteiger partial charge in [-0.25, -0.2) is 17.6 Å². The van der Waals surface area contributed by atoms with E-state index in [0.29, 0.717) is 13.0 Å². The average molecular weight is 561 g/mol. The van der Waals surface area contributed by atoms with Gasteiger partial charge in [0.15, 0.2) is 26.2 Å². The lowest BCUT2D eigenvalue weighted by molar-refractivity contribution is -0.182. The van der Waals surface area contributed by atoms with Crippen LogP contribution in [0.25, 0.3) is 10.9 Å². The molecule has 2 unspecified atom stereocenters.